The summed E-state index contributed by atoms with van der Waals surface area (Å²) in [6.07, 6.45) is 2.71. The molecule has 0 bridgehead atoms. The van der Waals surface area contributed by atoms with E-state index in [1.54, 1.807) is 0 Å². The molecule has 172 valence electrons. The normalized spacial score (nSPS) is 17.4. The lowest BCUT2D eigenvalue weighted by molar-refractivity contribution is 0.0936. The minimum atomic E-state index is -3.67. The zero-order valence-corrected chi connectivity index (χ0v) is 19.1. The second-order valence-corrected chi connectivity index (χ2v) is 9.86. The smallest absolute Gasteiger partial charge is 0.255 e. The number of nitrogens with zero attached hydrogens (tertiary/aromatic N) is 1. The van der Waals surface area contributed by atoms with Gasteiger partial charge in [0, 0.05) is 13.1 Å². The third-order valence-corrected chi connectivity index (χ3v) is 7.68. The van der Waals surface area contributed by atoms with E-state index >= 15 is 0 Å². The standard InChI is InChI=1S/C23H28N2O6S/c1-16(17-6-8-21-22(14-17)31-13-12-30-21)24-23(26)19-15-18(7-9-20(19)29-2)32(27,28)25-10-4-3-5-11-25/h6-9,14-16H,3-5,10-13H2,1-2H3,(H,24,26). The van der Waals surface area contributed by atoms with E-state index in [1.165, 1.54) is 29.6 Å². The first-order chi connectivity index (χ1) is 15.4. The van der Waals surface area contributed by atoms with Gasteiger partial charge in [0.15, 0.2) is 11.5 Å². The van der Waals surface area contributed by atoms with Crippen LogP contribution in [0.2, 0.25) is 0 Å². The number of amides is 1. The van der Waals surface area contributed by atoms with Crippen molar-refractivity contribution in [1.82, 2.24) is 9.62 Å². The van der Waals surface area contributed by atoms with E-state index in [1.807, 2.05) is 25.1 Å². The van der Waals surface area contributed by atoms with Crippen molar-refractivity contribution in [1.29, 1.82) is 0 Å². The Kier molecular flexibility index (Phi) is 6.57. The number of piperidine rings is 1. The number of hydrogen-bond donors (Lipinski definition) is 1. The highest BCUT2D eigenvalue weighted by molar-refractivity contribution is 7.89. The van der Waals surface area contributed by atoms with E-state index in [-0.39, 0.29) is 16.5 Å². The Balaban J connectivity index is 1.56. The second-order valence-electron chi connectivity index (χ2n) is 7.93. The lowest BCUT2D eigenvalue weighted by atomic mass is 10.1. The van der Waals surface area contributed by atoms with Gasteiger partial charge in [-0.15, -0.1) is 0 Å². The summed E-state index contributed by atoms with van der Waals surface area (Å²) in [6, 6.07) is 9.60. The molecule has 0 spiro atoms. The third-order valence-electron chi connectivity index (χ3n) is 5.78. The van der Waals surface area contributed by atoms with Gasteiger partial charge >= 0.3 is 0 Å². The van der Waals surface area contributed by atoms with E-state index in [0.29, 0.717) is 43.6 Å². The molecule has 4 rings (SSSR count). The molecule has 2 heterocycles. The quantitative estimate of drug-likeness (QED) is 0.712. The molecule has 1 atom stereocenters. The number of rotatable bonds is 6. The molecule has 0 aliphatic carbocycles. The van der Waals surface area contributed by atoms with Crippen molar-refractivity contribution < 1.29 is 27.4 Å². The largest absolute Gasteiger partial charge is 0.496 e. The molecule has 0 aromatic heterocycles. The number of carbonyl (C=O) groups excluding carboxylic acids is 1. The van der Waals surface area contributed by atoms with Gasteiger partial charge in [0.05, 0.1) is 23.6 Å². The molecule has 1 amide bonds. The maximum atomic E-state index is 13.1. The molecule has 2 aliphatic heterocycles. The number of nitrogens with one attached hydrogen (secondary N) is 1. The minimum Gasteiger partial charge on any atom is -0.496 e. The minimum absolute atomic E-state index is 0.0948. The summed E-state index contributed by atoms with van der Waals surface area (Å²) in [5.74, 6) is 1.22. The van der Waals surface area contributed by atoms with Crippen LogP contribution >= 0.6 is 0 Å². The van der Waals surface area contributed by atoms with E-state index in [9.17, 15) is 13.2 Å². The molecule has 2 aliphatic rings. The molecule has 32 heavy (non-hydrogen) atoms. The summed E-state index contributed by atoms with van der Waals surface area (Å²) < 4.78 is 44.1. The molecular weight excluding hydrogens is 432 g/mol. The van der Waals surface area contributed by atoms with E-state index in [4.69, 9.17) is 14.2 Å². The fourth-order valence-electron chi connectivity index (χ4n) is 3.97. The van der Waals surface area contributed by atoms with Crippen molar-refractivity contribution in [3.63, 3.8) is 0 Å². The van der Waals surface area contributed by atoms with Crippen LogP contribution in [0.25, 0.3) is 0 Å². The maximum Gasteiger partial charge on any atom is 0.255 e. The first kappa shape index (κ1) is 22.4. The van der Waals surface area contributed by atoms with Gasteiger partial charge in [-0.1, -0.05) is 12.5 Å². The molecule has 9 heteroatoms. The van der Waals surface area contributed by atoms with Crippen molar-refractivity contribution in [3.05, 3.63) is 47.5 Å². The molecular formula is C23H28N2O6S. The highest BCUT2D eigenvalue weighted by Gasteiger charge is 2.28. The Hall–Kier alpha value is -2.78. The fourth-order valence-corrected chi connectivity index (χ4v) is 5.51. The van der Waals surface area contributed by atoms with Crippen LogP contribution in [0.15, 0.2) is 41.3 Å². The fraction of sp³-hybridized carbons (Fsp3) is 0.435. The van der Waals surface area contributed by atoms with Gasteiger partial charge in [-0.05, 0) is 55.7 Å². The van der Waals surface area contributed by atoms with Crippen molar-refractivity contribution in [3.8, 4) is 17.2 Å². The highest BCUT2D eigenvalue weighted by Crippen LogP contribution is 2.33. The summed E-state index contributed by atoms with van der Waals surface area (Å²) >= 11 is 0. The number of carbonyl (C=O) groups is 1. The van der Waals surface area contributed by atoms with E-state index < -0.39 is 15.9 Å². The monoisotopic (exact) mass is 460 g/mol. The Morgan fingerprint density at radius 1 is 1.03 bits per heavy atom. The molecule has 2 aromatic carbocycles. The van der Waals surface area contributed by atoms with Crippen LogP contribution in [0.5, 0.6) is 17.2 Å². The first-order valence-electron chi connectivity index (χ1n) is 10.8. The van der Waals surface area contributed by atoms with E-state index in [0.717, 1.165) is 24.8 Å². The molecule has 8 nitrogen and oxygen atoms in total. The molecule has 1 unspecified atom stereocenters. The SMILES string of the molecule is COc1ccc(S(=O)(=O)N2CCCCC2)cc1C(=O)NC(C)c1ccc2c(c1)OCCO2. The Bertz CT molecular complexity index is 1100. The van der Waals surface area contributed by atoms with Gasteiger partial charge in [0.1, 0.15) is 19.0 Å². The Morgan fingerprint density at radius 3 is 2.47 bits per heavy atom. The average molecular weight is 461 g/mol. The zero-order valence-electron chi connectivity index (χ0n) is 18.3. The van der Waals surface area contributed by atoms with Gasteiger partial charge in [-0.2, -0.15) is 4.31 Å². The number of methoxy groups -OCH3 is 1. The third kappa shape index (κ3) is 4.54. The van der Waals surface area contributed by atoms with E-state index in [2.05, 4.69) is 5.32 Å². The van der Waals surface area contributed by atoms with Gasteiger partial charge < -0.3 is 19.5 Å². The maximum absolute atomic E-state index is 13.1. The van der Waals surface area contributed by atoms with Crippen LogP contribution in [-0.4, -0.2) is 52.0 Å². The molecule has 0 radical (unpaired) electrons. The Labute approximate surface area is 188 Å². The van der Waals surface area contributed by atoms with Crippen LogP contribution in [0.4, 0.5) is 0 Å². The van der Waals surface area contributed by atoms with Gasteiger partial charge in [-0.3, -0.25) is 4.79 Å². The molecule has 1 fully saturated rings. The summed E-state index contributed by atoms with van der Waals surface area (Å²) in [5.41, 5.74) is 1.02. The van der Waals surface area contributed by atoms with Crippen LogP contribution < -0.4 is 19.5 Å². The second kappa shape index (κ2) is 9.38. The number of benzene rings is 2. The summed E-state index contributed by atoms with van der Waals surface area (Å²) in [5, 5.41) is 2.93. The summed E-state index contributed by atoms with van der Waals surface area (Å²) in [4.78, 5) is 13.2. The number of sulfonamides is 1. The molecule has 1 N–H and O–H groups in total. The van der Waals surface area contributed by atoms with Crippen molar-refractivity contribution in [2.24, 2.45) is 0 Å². The van der Waals surface area contributed by atoms with Crippen LogP contribution in [-0.2, 0) is 10.0 Å². The first-order valence-corrected chi connectivity index (χ1v) is 12.2. The number of ether oxygens (including phenoxy) is 3. The van der Waals surface area contributed by atoms with Crippen LogP contribution in [0, 0.1) is 0 Å². The lowest BCUT2D eigenvalue weighted by Gasteiger charge is -2.26. The van der Waals surface area contributed by atoms with Crippen LogP contribution in [0.1, 0.15) is 48.1 Å². The van der Waals surface area contributed by atoms with Gasteiger partial charge in [-0.25, -0.2) is 8.42 Å². The predicted molar refractivity (Wildman–Crippen MR) is 119 cm³/mol. The number of hydrogen-bond acceptors (Lipinski definition) is 6. The Morgan fingerprint density at radius 2 is 1.75 bits per heavy atom. The molecule has 0 saturated carbocycles. The predicted octanol–water partition coefficient (Wildman–Crippen LogP) is 3.13. The lowest BCUT2D eigenvalue weighted by Crippen LogP contribution is -2.35. The molecule has 2 aromatic rings. The summed E-state index contributed by atoms with van der Waals surface area (Å²) in [6.45, 7) is 3.83. The van der Waals surface area contributed by atoms with Gasteiger partial charge in [0.25, 0.3) is 5.91 Å². The van der Waals surface area contributed by atoms with Crippen LogP contribution in [0.3, 0.4) is 0 Å². The number of fused-ring (bicyclic) bond motifs is 1. The summed E-state index contributed by atoms with van der Waals surface area (Å²) in [7, 11) is -2.21. The highest BCUT2D eigenvalue weighted by atomic mass is 32.2. The zero-order chi connectivity index (χ0) is 22.7. The van der Waals surface area contributed by atoms with Crippen molar-refractivity contribution in [2.75, 3.05) is 33.4 Å². The average Bonchev–Trinajstić information content (AvgIpc) is 2.83. The van der Waals surface area contributed by atoms with Crippen molar-refractivity contribution >= 4 is 15.9 Å². The van der Waals surface area contributed by atoms with Crippen molar-refractivity contribution in [2.45, 2.75) is 37.1 Å². The topological polar surface area (TPSA) is 94.2 Å². The van der Waals surface area contributed by atoms with Gasteiger partial charge in [0.2, 0.25) is 10.0 Å². The molecule has 1 saturated heterocycles.